The first-order chi connectivity index (χ1) is 15.0. The lowest BCUT2D eigenvalue weighted by Gasteiger charge is -2.20. The predicted molar refractivity (Wildman–Crippen MR) is 130 cm³/mol. The number of ketones is 1. The van der Waals surface area contributed by atoms with Crippen LogP contribution >= 0.6 is 0 Å². The van der Waals surface area contributed by atoms with Crippen molar-refractivity contribution in [2.45, 2.75) is 122 Å². The molecular formula is C27H45NO3. The second kappa shape index (κ2) is 17.9. The fraction of sp³-hybridized carbons (Fsp3) is 0.704. The Hall–Kier alpha value is -1.68. The Morgan fingerprint density at radius 3 is 1.84 bits per heavy atom. The van der Waals surface area contributed by atoms with Crippen LogP contribution in [0.15, 0.2) is 30.3 Å². The minimum Gasteiger partial charge on any atom is -0.480 e. The normalized spacial score (nSPS) is 13.1. The fourth-order valence-corrected chi connectivity index (χ4v) is 4.04. The van der Waals surface area contributed by atoms with Gasteiger partial charge in [-0.15, -0.1) is 0 Å². The SMILES string of the molecule is CCCCCCCCCCCCCCC(C)NC(CCC(=O)c1ccccc1)C(=O)O. The summed E-state index contributed by atoms with van der Waals surface area (Å²) < 4.78 is 0. The Balaban J connectivity index is 2.08. The third-order valence-corrected chi connectivity index (χ3v) is 6.03. The number of benzene rings is 1. The van der Waals surface area contributed by atoms with E-state index < -0.39 is 12.0 Å². The van der Waals surface area contributed by atoms with Gasteiger partial charge in [0.15, 0.2) is 5.78 Å². The number of nitrogens with one attached hydrogen (secondary N) is 1. The Kier molecular flexibility index (Phi) is 15.8. The summed E-state index contributed by atoms with van der Waals surface area (Å²) in [5.74, 6) is -0.871. The molecule has 0 radical (unpaired) electrons. The Bertz CT molecular complexity index is 587. The molecule has 1 aromatic carbocycles. The zero-order chi connectivity index (χ0) is 22.7. The average Bonchev–Trinajstić information content (AvgIpc) is 2.77. The van der Waals surface area contributed by atoms with Gasteiger partial charge in [0.25, 0.3) is 0 Å². The minimum absolute atomic E-state index is 0.00209. The monoisotopic (exact) mass is 431 g/mol. The molecule has 0 aliphatic heterocycles. The van der Waals surface area contributed by atoms with E-state index in [1.807, 2.05) is 25.1 Å². The molecule has 0 bridgehead atoms. The molecule has 0 heterocycles. The lowest BCUT2D eigenvalue weighted by atomic mass is 10.0. The summed E-state index contributed by atoms with van der Waals surface area (Å²) in [5.41, 5.74) is 0.649. The van der Waals surface area contributed by atoms with Gasteiger partial charge < -0.3 is 10.4 Å². The van der Waals surface area contributed by atoms with Crippen molar-refractivity contribution in [3.05, 3.63) is 35.9 Å². The summed E-state index contributed by atoms with van der Waals surface area (Å²) in [4.78, 5) is 23.8. The number of Topliss-reactive ketones (excluding diaryl/α,β-unsaturated/α-hetero) is 1. The van der Waals surface area contributed by atoms with E-state index in [-0.39, 0.29) is 18.2 Å². The molecule has 0 aliphatic carbocycles. The van der Waals surface area contributed by atoms with Crippen molar-refractivity contribution in [1.82, 2.24) is 5.32 Å². The van der Waals surface area contributed by atoms with Crippen molar-refractivity contribution >= 4 is 11.8 Å². The molecule has 0 fully saturated rings. The number of unbranched alkanes of at least 4 members (excludes halogenated alkanes) is 11. The topological polar surface area (TPSA) is 66.4 Å². The molecule has 1 rings (SSSR count). The number of hydrogen-bond donors (Lipinski definition) is 2. The van der Waals surface area contributed by atoms with E-state index in [9.17, 15) is 14.7 Å². The quantitative estimate of drug-likeness (QED) is 0.170. The van der Waals surface area contributed by atoms with E-state index in [4.69, 9.17) is 0 Å². The molecule has 4 nitrogen and oxygen atoms in total. The summed E-state index contributed by atoms with van der Waals surface area (Å²) in [6.45, 7) is 4.31. The second-order valence-electron chi connectivity index (χ2n) is 8.96. The largest absolute Gasteiger partial charge is 0.480 e. The third kappa shape index (κ3) is 14.1. The molecule has 0 amide bonds. The molecule has 0 saturated heterocycles. The molecule has 176 valence electrons. The van der Waals surface area contributed by atoms with Crippen molar-refractivity contribution in [2.24, 2.45) is 0 Å². The number of aliphatic carboxylic acids is 1. The summed E-state index contributed by atoms with van der Waals surface area (Å²) >= 11 is 0. The summed E-state index contributed by atoms with van der Waals surface area (Å²) in [7, 11) is 0. The smallest absolute Gasteiger partial charge is 0.320 e. The van der Waals surface area contributed by atoms with Gasteiger partial charge in [-0.05, 0) is 19.8 Å². The summed E-state index contributed by atoms with van der Waals surface area (Å²) in [6.07, 6.45) is 17.5. The molecule has 0 spiro atoms. The van der Waals surface area contributed by atoms with Gasteiger partial charge in [-0.25, -0.2) is 0 Å². The molecule has 1 aromatic rings. The summed E-state index contributed by atoms with van der Waals surface area (Å²) in [6, 6.07) is 8.57. The number of carboxylic acid groups (broad SMARTS) is 1. The first kappa shape index (κ1) is 27.4. The maximum Gasteiger partial charge on any atom is 0.320 e. The molecule has 0 aromatic heterocycles. The average molecular weight is 432 g/mol. The van der Waals surface area contributed by atoms with Crippen LogP contribution in [0.4, 0.5) is 0 Å². The van der Waals surface area contributed by atoms with Crippen LogP contribution in [-0.4, -0.2) is 28.9 Å². The molecule has 2 atom stereocenters. The van der Waals surface area contributed by atoms with Crippen LogP contribution in [-0.2, 0) is 4.79 Å². The van der Waals surface area contributed by atoms with Gasteiger partial charge in [0.1, 0.15) is 6.04 Å². The van der Waals surface area contributed by atoms with Gasteiger partial charge in [-0.2, -0.15) is 0 Å². The Morgan fingerprint density at radius 1 is 0.806 bits per heavy atom. The lowest BCUT2D eigenvalue weighted by molar-refractivity contribution is -0.139. The fourth-order valence-electron chi connectivity index (χ4n) is 4.04. The van der Waals surface area contributed by atoms with Crippen molar-refractivity contribution in [3.8, 4) is 0 Å². The van der Waals surface area contributed by atoms with Gasteiger partial charge in [-0.3, -0.25) is 9.59 Å². The van der Waals surface area contributed by atoms with E-state index in [1.54, 1.807) is 12.1 Å². The van der Waals surface area contributed by atoms with Gasteiger partial charge >= 0.3 is 5.97 Å². The highest BCUT2D eigenvalue weighted by Crippen LogP contribution is 2.14. The zero-order valence-electron chi connectivity index (χ0n) is 19.9. The number of carbonyl (C=O) groups excluding carboxylic acids is 1. The number of carbonyl (C=O) groups is 2. The number of carboxylic acids is 1. The molecule has 2 N–H and O–H groups in total. The molecule has 0 saturated carbocycles. The molecule has 31 heavy (non-hydrogen) atoms. The minimum atomic E-state index is -0.873. The van der Waals surface area contributed by atoms with Crippen LogP contribution in [0.2, 0.25) is 0 Å². The van der Waals surface area contributed by atoms with Gasteiger partial charge in [0.2, 0.25) is 0 Å². The van der Waals surface area contributed by atoms with Gasteiger partial charge in [0, 0.05) is 18.0 Å². The van der Waals surface area contributed by atoms with E-state index >= 15 is 0 Å². The van der Waals surface area contributed by atoms with Crippen LogP contribution in [0.5, 0.6) is 0 Å². The van der Waals surface area contributed by atoms with Crippen molar-refractivity contribution < 1.29 is 14.7 Å². The van der Waals surface area contributed by atoms with E-state index in [2.05, 4.69) is 12.2 Å². The number of hydrogen-bond acceptors (Lipinski definition) is 3. The van der Waals surface area contributed by atoms with Crippen LogP contribution in [0.25, 0.3) is 0 Å². The van der Waals surface area contributed by atoms with Crippen LogP contribution < -0.4 is 5.32 Å². The highest BCUT2D eigenvalue weighted by molar-refractivity contribution is 5.96. The molecule has 2 unspecified atom stereocenters. The predicted octanol–water partition coefficient (Wildman–Crippen LogP) is 7.17. The van der Waals surface area contributed by atoms with E-state index in [1.165, 1.54) is 70.6 Å². The number of rotatable bonds is 20. The first-order valence-electron chi connectivity index (χ1n) is 12.6. The van der Waals surface area contributed by atoms with E-state index in [0.29, 0.717) is 12.0 Å². The first-order valence-corrected chi connectivity index (χ1v) is 12.6. The standard InChI is InChI=1S/C27H45NO3/c1-3-4-5-6-7-8-9-10-11-12-13-15-18-23(2)28-25(27(30)31)21-22-26(29)24-19-16-14-17-20-24/h14,16-17,19-20,23,25,28H,3-13,15,18,21-22H2,1-2H3,(H,30,31). The zero-order valence-corrected chi connectivity index (χ0v) is 19.9. The van der Waals surface area contributed by atoms with Gasteiger partial charge in [-0.1, -0.05) is 114 Å². The van der Waals surface area contributed by atoms with Crippen LogP contribution in [0.3, 0.4) is 0 Å². The Labute approximate surface area is 190 Å². The molecule has 4 heteroatoms. The van der Waals surface area contributed by atoms with Crippen LogP contribution in [0.1, 0.15) is 121 Å². The van der Waals surface area contributed by atoms with Crippen molar-refractivity contribution in [3.63, 3.8) is 0 Å². The highest BCUT2D eigenvalue weighted by Gasteiger charge is 2.20. The van der Waals surface area contributed by atoms with E-state index in [0.717, 1.165) is 12.8 Å². The van der Waals surface area contributed by atoms with Crippen LogP contribution in [0, 0.1) is 0 Å². The highest BCUT2D eigenvalue weighted by atomic mass is 16.4. The summed E-state index contributed by atoms with van der Waals surface area (Å²) in [5, 5.41) is 12.7. The third-order valence-electron chi connectivity index (χ3n) is 6.03. The van der Waals surface area contributed by atoms with Crippen molar-refractivity contribution in [2.75, 3.05) is 0 Å². The lowest BCUT2D eigenvalue weighted by Crippen LogP contribution is -2.42. The molecule has 0 aliphatic rings. The van der Waals surface area contributed by atoms with Gasteiger partial charge in [0.05, 0.1) is 0 Å². The Morgan fingerprint density at radius 2 is 1.32 bits per heavy atom. The maximum absolute atomic E-state index is 12.2. The van der Waals surface area contributed by atoms with Crippen molar-refractivity contribution in [1.29, 1.82) is 0 Å². The maximum atomic E-state index is 12.2. The molecular weight excluding hydrogens is 386 g/mol. The second-order valence-corrected chi connectivity index (χ2v) is 8.96.